The third kappa shape index (κ3) is 6.32. The van der Waals surface area contributed by atoms with Crippen LogP contribution in [0.3, 0.4) is 0 Å². The van der Waals surface area contributed by atoms with E-state index in [2.05, 4.69) is 309 Å². The molecule has 0 spiro atoms. The van der Waals surface area contributed by atoms with Crippen molar-refractivity contribution in [1.29, 1.82) is 0 Å². The molecule has 4 aromatic heterocycles. The first kappa shape index (κ1) is 43.5. The summed E-state index contributed by atoms with van der Waals surface area (Å²) in [6, 6.07) is 108. The minimum atomic E-state index is -2.78. The minimum Gasteiger partial charge on any atom is -0.309 e. The van der Waals surface area contributed by atoms with E-state index in [4.69, 9.17) is 0 Å². The van der Waals surface area contributed by atoms with Gasteiger partial charge >= 0.3 is 0 Å². The van der Waals surface area contributed by atoms with Crippen molar-refractivity contribution < 1.29 is 0 Å². The van der Waals surface area contributed by atoms with Crippen LogP contribution in [0.4, 0.5) is 0 Å². The molecule has 0 saturated carbocycles. The Morgan fingerprint density at radius 2 is 0.494 bits per heavy atom. The standard InChI is InChI=1S/C72H48N4Si/c1-5-22-49(23-6-1)75-67-38-19-13-32-57(67)61-42-43-62-58-33-14-20-39-68(58)76(72(62)71(61)75)52-41-45-70-64(48-52)60-35-16-18-37-66(60)74(70)51-40-44-69-63(47-51)59-34-15-17-36-65(59)73(69)50-24-21-31-56(46-50)77(53-25-7-2-8-26-53,54-27-9-3-10-28-54)55-29-11-4-12-30-55/h1-48H. The molecule has 0 amide bonds. The first-order valence-electron chi connectivity index (χ1n) is 26.6. The van der Waals surface area contributed by atoms with Gasteiger partial charge in [0.1, 0.15) is 0 Å². The Bertz CT molecular complexity index is 4870. The molecule has 0 atom stereocenters. The summed E-state index contributed by atoms with van der Waals surface area (Å²) in [4.78, 5) is 0. The average molecular weight is 997 g/mol. The molecule has 360 valence electrons. The lowest BCUT2D eigenvalue weighted by Gasteiger charge is -2.34. The van der Waals surface area contributed by atoms with Crippen LogP contribution in [-0.2, 0) is 0 Å². The Balaban J connectivity index is 0.898. The molecular formula is C72H48N4Si. The minimum absolute atomic E-state index is 1.13. The van der Waals surface area contributed by atoms with Crippen LogP contribution in [0.5, 0.6) is 0 Å². The largest absolute Gasteiger partial charge is 0.309 e. The third-order valence-electron chi connectivity index (χ3n) is 16.5. The van der Waals surface area contributed by atoms with E-state index < -0.39 is 8.07 Å². The zero-order valence-electron chi connectivity index (χ0n) is 42.0. The van der Waals surface area contributed by atoms with Gasteiger partial charge in [-0.2, -0.15) is 0 Å². The van der Waals surface area contributed by atoms with Crippen molar-refractivity contribution >= 4 is 116 Å². The Morgan fingerprint density at radius 1 is 0.182 bits per heavy atom. The number of aromatic nitrogens is 4. The summed E-state index contributed by atoms with van der Waals surface area (Å²) < 4.78 is 9.93. The van der Waals surface area contributed by atoms with Gasteiger partial charge in [0.05, 0.1) is 44.1 Å². The van der Waals surface area contributed by atoms with Gasteiger partial charge in [-0.3, -0.25) is 0 Å². The predicted octanol–water partition coefficient (Wildman–Crippen LogP) is 15.5. The van der Waals surface area contributed by atoms with Gasteiger partial charge < -0.3 is 18.3 Å². The van der Waals surface area contributed by atoms with Crippen LogP contribution in [0.25, 0.3) is 110 Å². The first-order chi connectivity index (χ1) is 38.2. The normalized spacial score (nSPS) is 12.2. The van der Waals surface area contributed by atoms with Crippen LogP contribution < -0.4 is 20.7 Å². The van der Waals surface area contributed by atoms with Gasteiger partial charge in [-0.15, -0.1) is 0 Å². The molecule has 0 aliphatic rings. The summed E-state index contributed by atoms with van der Waals surface area (Å²) in [5, 5.41) is 15.2. The number of nitrogens with zero attached hydrogens (tertiary/aromatic N) is 4. The first-order valence-corrected chi connectivity index (χ1v) is 28.6. The lowest BCUT2D eigenvalue weighted by molar-refractivity contribution is 1.15. The number of rotatable bonds is 8. The van der Waals surface area contributed by atoms with E-state index in [9.17, 15) is 0 Å². The number of benzene rings is 12. The summed E-state index contributed by atoms with van der Waals surface area (Å²) in [5.41, 5.74) is 14.0. The number of hydrogen-bond donors (Lipinski definition) is 0. The molecule has 5 heteroatoms. The highest BCUT2D eigenvalue weighted by Crippen LogP contribution is 2.43. The van der Waals surface area contributed by atoms with Gasteiger partial charge in [-0.1, -0.05) is 206 Å². The molecule has 0 radical (unpaired) electrons. The van der Waals surface area contributed by atoms with Gasteiger partial charge in [-0.05, 0) is 106 Å². The lowest BCUT2D eigenvalue weighted by Crippen LogP contribution is -2.74. The average Bonchev–Trinajstić information content (AvgIpc) is 4.27. The van der Waals surface area contributed by atoms with Gasteiger partial charge in [0.25, 0.3) is 0 Å². The van der Waals surface area contributed by atoms with Gasteiger partial charge in [0.15, 0.2) is 8.07 Å². The van der Waals surface area contributed by atoms with Crippen LogP contribution in [0.1, 0.15) is 0 Å². The highest BCUT2D eigenvalue weighted by molar-refractivity contribution is 7.19. The Morgan fingerprint density at radius 3 is 0.948 bits per heavy atom. The molecule has 0 bridgehead atoms. The molecule has 12 aromatic carbocycles. The number of hydrogen-bond acceptors (Lipinski definition) is 0. The Kier molecular flexibility index (Phi) is 9.62. The summed E-state index contributed by atoms with van der Waals surface area (Å²) in [6.07, 6.45) is 0. The summed E-state index contributed by atoms with van der Waals surface area (Å²) in [7, 11) is -2.78. The smallest absolute Gasteiger partial charge is 0.179 e. The molecule has 0 saturated heterocycles. The van der Waals surface area contributed by atoms with E-state index in [0.717, 1.165) is 22.7 Å². The van der Waals surface area contributed by atoms with Crippen LogP contribution >= 0.6 is 0 Å². The highest BCUT2D eigenvalue weighted by Gasteiger charge is 2.41. The van der Waals surface area contributed by atoms with Crippen molar-refractivity contribution in [3.05, 3.63) is 291 Å². The van der Waals surface area contributed by atoms with Crippen LogP contribution in [0, 0.1) is 0 Å². The monoisotopic (exact) mass is 996 g/mol. The molecule has 0 aliphatic carbocycles. The van der Waals surface area contributed by atoms with E-state index in [0.29, 0.717) is 0 Å². The summed E-state index contributed by atoms with van der Waals surface area (Å²) in [6.45, 7) is 0. The molecule has 0 unspecified atom stereocenters. The predicted molar refractivity (Wildman–Crippen MR) is 327 cm³/mol. The fourth-order valence-corrected chi connectivity index (χ4v) is 18.1. The van der Waals surface area contributed by atoms with Crippen molar-refractivity contribution in [2.45, 2.75) is 0 Å². The maximum atomic E-state index is 2.51. The van der Waals surface area contributed by atoms with Crippen molar-refractivity contribution in [3.63, 3.8) is 0 Å². The second-order valence-electron chi connectivity index (χ2n) is 20.4. The van der Waals surface area contributed by atoms with E-state index in [1.165, 1.54) is 108 Å². The molecule has 77 heavy (non-hydrogen) atoms. The van der Waals surface area contributed by atoms with Crippen LogP contribution in [0.15, 0.2) is 291 Å². The van der Waals surface area contributed by atoms with Crippen LogP contribution in [-0.4, -0.2) is 26.3 Å². The van der Waals surface area contributed by atoms with Crippen LogP contribution in [0.2, 0.25) is 0 Å². The Hall–Kier alpha value is -9.94. The zero-order chi connectivity index (χ0) is 50.6. The molecule has 0 N–H and O–H groups in total. The summed E-state index contributed by atoms with van der Waals surface area (Å²) >= 11 is 0. The van der Waals surface area contributed by atoms with E-state index >= 15 is 0 Å². The molecule has 0 aliphatic heterocycles. The summed E-state index contributed by atoms with van der Waals surface area (Å²) in [5.74, 6) is 0. The topological polar surface area (TPSA) is 19.7 Å². The number of para-hydroxylation sites is 5. The number of fused-ring (bicyclic) bond motifs is 13. The molecule has 4 heterocycles. The van der Waals surface area contributed by atoms with Crippen molar-refractivity contribution in [1.82, 2.24) is 18.3 Å². The van der Waals surface area contributed by atoms with Crippen molar-refractivity contribution in [2.75, 3.05) is 0 Å². The highest BCUT2D eigenvalue weighted by atomic mass is 28.3. The van der Waals surface area contributed by atoms with Gasteiger partial charge in [0, 0.05) is 65.8 Å². The quantitative estimate of drug-likeness (QED) is 0.107. The van der Waals surface area contributed by atoms with E-state index in [1.807, 2.05) is 0 Å². The van der Waals surface area contributed by atoms with Gasteiger partial charge in [0.2, 0.25) is 0 Å². The van der Waals surface area contributed by atoms with Crippen molar-refractivity contribution in [2.24, 2.45) is 0 Å². The fourth-order valence-electron chi connectivity index (χ4n) is 13.3. The Labute approximate surface area is 445 Å². The molecule has 16 aromatic rings. The third-order valence-corrected chi connectivity index (χ3v) is 21.2. The van der Waals surface area contributed by atoms with Gasteiger partial charge in [-0.25, -0.2) is 0 Å². The lowest BCUT2D eigenvalue weighted by atomic mass is 10.1. The van der Waals surface area contributed by atoms with Crippen molar-refractivity contribution in [3.8, 4) is 22.7 Å². The van der Waals surface area contributed by atoms with E-state index in [1.54, 1.807) is 0 Å². The second-order valence-corrected chi connectivity index (χ2v) is 24.2. The maximum Gasteiger partial charge on any atom is 0.179 e. The van der Waals surface area contributed by atoms with E-state index in [-0.39, 0.29) is 0 Å². The molecule has 4 nitrogen and oxygen atoms in total. The molecule has 16 rings (SSSR count). The SMILES string of the molecule is c1ccc(-n2c3ccccc3c3ccc4c5ccccc5n(-c5ccc6c(c5)c5ccccc5n6-c5ccc6c(c5)c5ccccc5n6-c5cccc([Si](c6ccccc6)(c6ccccc6)c6ccccc6)c5)c4c32)cc1. The fraction of sp³-hybridized carbons (Fsp3) is 0. The molecular weight excluding hydrogens is 949 g/mol. The maximum absolute atomic E-state index is 2.78. The zero-order valence-corrected chi connectivity index (χ0v) is 43.0. The second kappa shape index (κ2) is 17.0. The molecule has 0 fully saturated rings.